The van der Waals surface area contributed by atoms with E-state index in [4.69, 9.17) is 5.84 Å². The Morgan fingerprint density at radius 3 is 2.67 bits per heavy atom. The molecule has 0 fully saturated rings. The molecule has 0 aromatic heterocycles. The number of nitrogens with two attached hydrogens (primary N) is 1. The molecular formula is C9H11IN2. The maximum atomic E-state index is 5.36. The number of rotatable bonds is 3. The van der Waals surface area contributed by atoms with Crippen LogP contribution < -0.4 is 11.3 Å². The number of nitrogens with one attached hydrogen (secondary N) is 1. The van der Waals surface area contributed by atoms with Crippen molar-refractivity contribution in [3.63, 3.8) is 0 Å². The van der Waals surface area contributed by atoms with Crippen LogP contribution in [-0.2, 0) is 0 Å². The maximum absolute atomic E-state index is 5.36. The van der Waals surface area contributed by atoms with E-state index in [1.807, 2.05) is 24.3 Å². The number of hydrogen-bond acceptors (Lipinski definition) is 2. The van der Waals surface area contributed by atoms with Crippen LogP contribution >= 0.6 is 22.6 Å². The van der Waals surface area contributed by atoms with Gasteiger partial charge in [0, 0.05) is 3.57 Å². The molecule has 3 N–H and O–H groups in total. The Kier molecular flexibility index (Phi) is 3.71. The molecule has 1 rings (SSSR count). The summed E-state index contributed by atoms with van der Waals surface area (Å²) in [7, 11) is 0. The first-order valence-corrected chi connectivity index (χ1v) is 4.70. The summed E-state index contributed by atoms with van der Waals surface area (Å²) in [4.78, 5) is 0. The van der Waals surface area contributed by atoms with Gasteiger partial charge in [0.15, 0.2) is 0 Å². The molecule has 1 aromatic rings. The van der Waals surface area contributed by atoms with Crippen molar-refractivity contribution in [3.05, 3.63) is 46.1 Å². The zero-order valence-electron chi connectivity index (χ0n) is 6.63. The van der Waals surface area contributed by atoms with Crippen LogP contribution in [0.5, 0.6) is 0 Å². The van der Waals surface area contributed by atoms with Crippen molar-refractivity contribution >= 4 is 22.6 Å². The quantitative estimate of drug-likeness (QED) is 0.383. The van der Waals surface area contributed by atoms with E-state index in [1.165, 1.54) is 3.57 Å². The minimum atomic E-state index is 0.0399. The predicted molar refractivity (Wildman–Crippen MR) is 59.4 cm³/mol. The molecule has 2 nitrogen and oxygen atoms in total. The summed E-state index contributed by atoms with van der Waals surface area (Å²) in [5.41, 5.74) is 3.85. The summed E-state index contributed by atoms with van der Waals surface area (Å²) in [6.07, 6.45) is 1.79. The van der Waals surface area contributed by atoms with Crippen LogP contribution in [0.2, 0.25) is 0 Å². The van der Waals surface area contributed by atoms with Gasteiger partial charge in [-0.3, -0.25) is 5.84 Å². The third-order valence-electron chi connectivity index (χ3n) is 1.66. The highest BCUT2D eigenvalue weighted by molar-refractivity contribution is 14.1. The van der Waals surface area contributed by atoms with Gasteiger partial charge in [0.1, 0.15) is 0 Å². The number of hydrazine groups is 1. The Bertz CT molecular complexity index is 273. The van der Waals surface area contributed by atoms with E-state index in [0.29, 0.717) is 0 Å². The lowest BCUT2D eigenvalue weighted by Gasteiger charge is -2.12. The van der Waals surface area contributed by atoms with Gasteiger partial charge in [-0.2, -0.15) is 0 Å². The number of hydrogen-bond donors (Lipinski definition) is 2. The van der Waals surface area contributed by atoms with E-state index < -0.39 is 0 Å². The standard InChI is InChI=1S/C9H11IN2/c1-2-9(12-11)7-5-3-4-6-8(7)10/h2-6,9,12H,1,11H2. The Labute approximate surface area is 86.0 Å². The van der Waals surface area contributed by atoms with E-state index >= 15 is 0 Å². The molecular weight excluding hydrogens is 263 g/mol. The van der Waals surface area contributed by atoms with Crippen molar-refractivity contribution < 1.29 is 0 Å². The topological polar surface area (TPSA) is 38.0 Å². The summed E-state index contributed by atoms with van der Waals surface area (Å²) in [5.74, 6) is 5.36. The molecule has 0 bridgehead atoms. The fraction of sp³-hybridized carbons (Fsp3) is 0.111. The summed E-state index contributed by atoms with van der Waals surface area (Å²) in [6.45, 7) is 3.70. The molecule has 3 heteroatoms. The van der Waals surface area contributed by atoms with Gasteiger partial charge in [-0.25, -0.2) is 5.43 Å². The van der Waals surface area contributed by atoms with Crippen molar-refractivity contribution in [2.45, 2.75) is 6.04 Å². The Hall–Kier alpha value is -0.390. The van der Waals surface area contributed by atoms with Gasteiger partial charge in [-0.15, -0.1) is 6.58 Å². The zero-order chi connectivity index (χ0) is 8.97. The third-order valence-corrected chi connectivity index (χ3v) is 2.64. The Morgan fingerprint density at radius 1 is 1.50 bits per heavy atom. The molecule has 0 aliphatic heterocycles. The molecule has 1 unspecified atom stereocenters. The summed E-state index contributed by atoms with van der Waals surface area (Å²) in [6, 6.07) is 8.11. The van der Waals surface area contributed by atoms with Gasteiger partial charge in [0.05, 0.1) is 6.04 Å². The molecule has 12 heavy (non-hydrogen) atoms. The molecule has 0 aliphatic rings. The van der Waals surface area contributed by atoms with Crippen molar-refractivity contribution in [2.24, 2.45) is 5.84 Å². The molecule has 0 radical (unpaired) electrons. The normalized spacial score (nSPS) is 12.5. The van der Waals surface area contributed by atoms with E-state index in [0.717, 1.165) is 5.56 Å². The Morgan fingerprint density at radius 2 is 2.17 bits per heavy atom. The SMILES string of the molecule is C=CC(NN)c1ccccc1I. The lowest BCUT2D eigenvalue weighted by atomic mass is 10.1. The predicted octanol–water partition coefficient (Wildman–Crippen LogP) is 1.98. The highest BCUT2D eigenvalue weighted by atomic mass is 127. The highest BCUT2D eigenvalue weighted by Gasteiger charge is 2.06. The van der Waals surface area contributed by atoms with Crippen molar-refractivity contribution in [2.75, 3.05) is 0 Å². The molecule has 64 valence electrons. The lowest BCUT2D eigenvalue weighted by Crippen LogP contribution is -2.26. The van der Waals surface area contributed by atoms with E-state index in [-0.39, 0.29) is 6.04 Å². The summed E-state index contributed by atoms with van der Waals surface area (Å²) >= 11 is 2.28. The van der Waals surface area contributed by atoms with E-state index in [1.54, 1.807) is 6.08 Å². The second-order valence-corrected chi connectivity index (χ2v) is 3.56. The smallest absolute Gasteiger partial charge is 0.0648 e. The van der Waals surface area contributed by atoms with Crippen LogP contribution in [0.4, 0.5) is 0 Å². The highest BCUT2D eigenvalue weighted by Crippen LogP contribution is 2.19. The van der Waals surface area contributed by atoms with Crippen LogP contribution in [0.15, 0.2) is 36.9 Å². The molecule has 0 aliphatic carbocycles. The average Bonchev–Trinajstić information content (AvgIpc) is 2.10. The molecule has 1 aromatic carbocycles. The van der Waals surface area contributed by atoms with Crippen molar-refractivity contribution in [3.8, 4) is 0 Å². The largest absolute Gasteiger partial charge is 0.271 e. The molecule has 1 atom stereocenters. The first-order valence-electron chi connectivity index (χ1n) is 3.62. The Balaban J connectivity index is 3.00. The van der Waals surface area contributed by atoms with E-state index in [2.05, 4.69) is 34.6 Å². The fourth-order valence-electron chi connectivity index (χ4n) is 1.01. The number of halogens is 1. The first kappa shape index (κ1) is 9.70. The van der Waals surface area contributed by atoms with Crippen LogP contribution in [0.1, 0.15) is 11.6 Å². The van der Waals surface area contributed by atoms with Crippen molar-refractivity contribution in [1.29, 1.82) is 0 Å². The van der Waals surface area contributed by atoms with Crippen LogP contribution in [0.25, 0.3) is 0 Å². The third kappa shape index (κ3) is 2.06. The van der Waals surface area contributed by atoms with Crippen molar-refractivity contribution in [1.82, 2.24) is 5.43 Å². The average molecular weight is 274 g/mol. The molecule has 0 amide bonds. The molecule has 0 heterocycles. The molecule has 0 spiro atoms. The van der Waals surface area contributed by atoms with Gasteiger partial charge in [-0.1, -0.05) is 24.3 Å². The minimum Gasteiger partial charge on any atom is -0.271 e. The molecule has 0 saturated carbocycles. The van der Waals surface area contributed by atoms with Gasteiger partial charge in [0.2, 0.25) is 0 Å². The van der Waals surface area contributed by atoms with Gasteiger partial charge >= 0.3 is 0 Å². The molecule has 0 saturated heterocycles. The van der Waals surface area contributed by atoms with Crippen LogP contribution in [0.3, 0.4) is 0 Å². The summed E-state index contributed by atoms with van der Waals surface area (Å²) < 4.78 is 1.19. The van der Waals surface area contributed by atoms with Crippen LogP contribution in [-0.4, -0.2) is 0 Å². The van der Waals surface area contributed by atoms with Gasteiger partial charge in [0.25, 0.3) is 0 Å². The zero-order valence-corrected chi connectivity index (χ0v) is 8.78. The van der Waals surface area contributed by atoms with E-state index in [9.17, 15) is 0 Å². The first-order chi connectivity index (χ1) is 5.79. The second-order valence-electron chi connectivity index (χ2n) is 2.40. The lowest BCUT2D eigenvalue weighted by molar-refractivity contribution is 0.654. The number of benzene rings is 1. The van der Waals surface area contributed by atoms with Gasteiger partial charge < -0.3 is 0 Å². The fourth-order valence-corrected chi connectivity index (χ4v) is 1.73. The van der Waals surface area contributed by atoms with Crippen LogP contribution in [0, 0.1) is 3.57 Å². The second kappa shape index (κ2) is 4.59. The minimum absolute atomic E-state index is 0.0399. The monoisotopic (exact) mass is 274 g/mol. The van der Waals surface area contributed by atoms with Gasteiger partial charge in [-0.05, 0) is 34.2 Å². The maximum Gasteiger partial charge on any atom is 0.0648 e. The summed E-state index contributed by atoms with van der Waals surface area (Å²) in [5, 5.41) is 0.